The van der Waals surface area contributed by atoms with Gasteiger partial charge in [0.15, 0.2) is 0 Å². The van der Waals surface area contributed by atoms with Crippen molar-refractivity contribution in [3.63, 3.8) is 0 Å². The van der Waals surface area contributed by atoms with E-state index < -0.39 is 17.6 Å². The fraction of sp³-hybridized carbons (Fsp3) is 0.353. The molecule has 3 N–H and O–H groups in total. The van der Waals surface area contributed by atoms with Gasteiger partial charge < -0.3 is 20.7 Å². The molecular weight excluding hydrogens is 595 g/mol. The van der Waals surface area contributed by atoms with Gasteiger partial charge in [-0.25, -0.2) is 15.0 Å². The van der Waals surface area contributed by atoms with Crippen LogP contribution in [-0.4, -0.2) is 64.1 Å². The van der Waals surface area contributed by atoms with Gasteiger partial charge in [-0.2, -0.15) is 13.2 Å². The van der Waals surface area contributed by atoms with E-state index in [4.69, 9.17) is 4.74 Å². The summed E-state index contributed by atoms with van der Waals surface area (Å²) in [5, 5.41) is 9.35. The molecule has 1 aliphatic heterocycles. The number of alkyl halides is 3. The number of amides is 1. The van der Waals surface area contributed by atoms with Crippen LogP contribution in [-0.2, 0) is 6.18 Å². The van der Waals surface area contributed by atoms with Crippen LogP contribution in [0.2, 0.25) is 0 Å². The highest BCUT2D eigenvalue weighted by Gasteiger charge is 2.32. The van der Waals surface area contributed by atoms with Gasteiger partial charge in [0.25, 0.3) is 5.91 Å². The Hall–Kier alpha value is -4.55. The van der Waals surface area contributed by atoms with E-state index in [1.54, 1.807) is 42.7 Å². The zero-order valence-electron chi connectivity index (χ0n) is 26.1. The number of anilines is 3. The van der Waals surface area contributed by atoms with Gasteiger partial charge in [0.2, 0.25) is 0 Å². The number of likely N-dealkylation sites (tertiary alicyclic amines) is 1. The normalized spacial score (nSPS) is 15.2. The number of aromatic nitrogens is 3. The van der Waals surface area contributed by atoms with Gasteiger partial charge >= 0.3 is 6.18 Å². The van der Waals surface area contributed by atoms with Crippen LogP contribution in [0.15, 0.2) is 73.3 Å². The monoisotopic (exact) mass is 635 g/mol. The van der Waals surface area contributed by atoms with Crippen molar-refractivity contribution in [1.29, 1.82) is 0 Å². The predicted octanol–water partition coefficient (Wildman–Crippen LogP) is 6.95. The second-order valence-corrected chi connectivity index (χ2v) is 11.6. The van der Waals surface area contributed by atoms with Crippen molar-refractivity contribution >= 4 is 23.1 Å². The number of pyridine rings is 1. The van der Waals surface area contributed by atoms with Gasteiger partial charge in [-0.05, 0) is 74.3 Å². The van der Waals surface area contributed by atoms with E-state index in [9.17, 15) is 18.0 Å². The molecular formula is C34H40F3N7O2. The fourth-order valence-electron chi connectivity index (χ4n) is 5.38. The number of aryl methyl sites for hydroxylation is 1. The van der Waals surface area contributed by atoms with Gasteiger partial charge in [-0.1, -0.05) is 19.9 Å². The van der Waals surface area contributed by atoms with Gasteiger partial charge in [0.1, 0.15) is 24.5 Å². The van der Waals surface area contributed by atoms with Crippen molar-refractivity contribution in [2.45, 2.75) is 51.9 Å². The predicted molar refractivity (Wildman–Crippen MR) is 174 cm³/mol. The Labute approximate surface area is 268 Å². The highest BCUT2D eigenvalue weighted by atomic mass is 19.4. The van der Waals surface area contributed by atoms with E-state index in [-0.39, 0.29) is 25.0 Å². The fourth-order valence-corrected chi connectivity index (χ4v) is 5.38. The van der Waals surface area contributed by atoms with E-state index in [1.807, 2.05) is 13.0 Å². The van der Waals surface area contributed by atoms with Crippen LogP contribution in [0.5, 0.6) is 5.75 Å². The smallest absolute Gasteiger partial charge is 0.416 e. The Bertz CT molecular complexity index is 1640. The van der Waals surface area contributed by atoms with Crippen molar-refractivity contribution in [3.8, 4) is 17.0 Å². The maximum Gasteiger partial charge on any atom is 0.416 e. The highest BCUT2D eigenvalue weighted by molar-refractivity contribution is 6.05. The zero-order valence-corrected chi connectivity index (χ0v) is 26.1. The van der Waals surface area contributed by atoms with Crippen molar-refractivity contribution in [3.05, 3.63) is 90.0 Å². The molecule has 9 nitrogen and oxygen atoms in total. The minimum Gasteiger partial charge on any atom is -0.492 e. The Morgan fingerprint density at radius 1 is 1.11 bits per heavy atom. The highest BCUT2D eigenvalue weighted by Crippen LogP contribution is 2.35. The molecule has 0 saturated carbocycles. The van der Waals surface area contributed by atoms with Gasteiger partial charge in [-0.15, -0.1) is 0 Å². The summed E-state index contributed by atoms with van der Waals surface area (Å²) in [5.41, 5.74) is 2.19. The summed E-state index contributed by atoms with van der Waals surface area (Å²) in [6.07, 6.45) is 2.25. The van der Waals surface area contributed by atoms with Crippen molar-refractivity contribution in [2.24, 2.45) is 0 Å². The van der Waals surface area contributed by atoms with Crippen LogP contribution in [0.3, 0.4) is 0 Å². The third-order valence-corrected chi connectivity index (χ3v) is 7.82. The number of halogens is 3. The SMILES string of the molecule is Cc1ccc(C(=O)Nc2cc(OCCN3CCCC3CNC(C)C)cc(C(F)(F)F)c2)cc1Nc1ncccc1-c1ccncn1.[HH]. The van der Waals surface area contributed by atoms with Crippen LogP contribution >= 0.6 is 0 Å². The number of carbonyl (C=O) groups is 1. The van der Waals surface area contributed by atoms with Crippen LogP contribution in [0.25, 0.3) is 11.3 Å². The Morgan fingerprint density at radius 3 is 2.72 bits per heavy atom. The number of carbonyl (C=O) groups excluding carboxylic acids is 1. The second-order valence-electron chi connectivity index (χ2n) is 11.6. The van der Waals surface area contributed by atoms with Crippen LogP contribution < -0.4 is 20.7 Å². The molecule has 2 aromatic carbocycles. The molecule has 3 heterocycles. The molecule has 1 fully saturated rings. The lowest BCUT2D eigenvalue weighted by molar-refractivity contribution is -0.137. The molecule has 4 aromatic rings. The summed E-state index contributed by atoms with van der Waals surface area (Å²) in [4.78, 5) is 28.3. The van der Waals surface area contributed by atoms with E-state index in [0.717, 1.165) is 49.2 Å². The molecule has 1 saturated heterocycles. The molecule has 1 unspecified atom stereocenters. The molecule has 1 aliphatic rings. The average molecular weight is 636 g/mol. The molecule has 5 rings (SSSR count). The number of nitrogens with zero attached hydrogens (tertiary/aromatic N) is 4. The molecule has 1 amide bonds. The lowest BCUT2D eigenvalue weighted by Gasteiger charge is -2.25. The second kappa shape index (κ2) is 14.7. The first-order valence-electron chi connectivity index (χ1n) is 15.3. The van der Waals surface area contributed by atoms with Crippen LogP contribution in [0.4, 0.5) is 30.4 Å². The van der Waals surface area contributed by atoms with Gasteiger partial charge in [0.05, 0.1) is 11.3 Å². The first-order chi connectivity index (χ1) is 22.1. The van der Waals surface area contributed by atoms with Crippen LogP contribution in [0, 0.1) is 6.92 Å². The first-order valence-corrected chi connectivity index (χ1v) is 15.3. The number of nitrogens with one attached hydrogen (secondary N) is 3. The van der Waals surface area contributed by atoms with Gasteiger partial charge in [0, 0.05) is 67.6 Å². The maximum absolute atomic E-state index is 13.8. The average Bonchev–Trinajstić information content (AvgIpc) is 3.48. The Morgan fingerprint density at radius 2 is 1.96 bits per heavy atom. The molecule has 12 heteroatoms. The van der Waals surface area contributed by atoms with Crippen molar-refractivity contribution in [1.82, 2.24) is 25.2 Å². The molecule has 244 valence electrons. The standard InChI is InChI=1S/C34H38F3N7O2.H2/c1-22(2)40-20-27-6-5-13-44(27)14-15-46-28-18-25(34(35,36)37)17-26(19-28)42-33(45)24-9-8-23(3)31(16-24)43-32-29(7-4-11-39-32)30-10-12-38-21-41-30;/h4,7-12,16-19,21-22,27,40H,5-6,13-15,20H2,1-3H3,(H,39,43)(H,42,45);1H. The molecule has 0 radical (unpaired) electrons. The third kappa shape index (κ3) is 8.58. The van der Waals surface area contributed by atoms with Gasteiger partial charge in [-0.3, -0.25) is 9.69 Å². The van der Waals surface area contributed by atoms with E-state index in [2.05, 4.69) is 49.6 Å². The number of rotatable bonds is 12. The van der Waals surface area contributed by atoms with Crippen molar-refractivity contribution in [2.75, 3.05) is 36.9 Å². The van der Waals surface area contributed by atoms with Crippen molar-refractivity contribution < 1.29 is 24.1 Å². The largest absolute Gasteiger partial charge is 0.492 e. The minimum absolute atomic E-state index is 0. The number of hydrogen-bond donors (Lipinski definition) is 3. The van der Waals surface area contributed by atoms with E-state index in [0.29, 0.717) is 35.8 Å². The summed E-state index contributed by atoms with van der Waals surface area (Å²) in [6, 6.07) is 14.5. The molecule has 0 spiro atoms. The minimum atomic E-state index is -4.62. The summed E-state index contributed by atoms with van der Waals surface area (Å²) >= 11 is 0. The number of benzene rings is 2. The third-order valence-electron chi connectivity index (χ3n) is 7.82. The lowest BCUT2D eigenvalue weighted by Crippen LogP contribution is -2.41. The molecule has 0 aliphatic carbocycles. The van der Waals surface area contributed by atoms with Crippen LogP contribution in [0.1, 0.15) is 49.6 Å². The molecule has 0 bridgehead atoms. The number of hydrogen-bond acceptors (Lipinski definition) is 8. The molecule has 1 atom stereocenters. The summed E-state index contributed by atoms with van der Waals surface area (Å²) < 4.78 is 47.3. The lowest BCUT2D eigenvalue weighted by atomic mass is 10.1. The first kappa shape index (κ1) is 32.8. The summed E-state index contributed by atoms with van der Waals surface area (Å²) in [5.74, 6) is 0.000681. The Kier molecular flexibility index (Phi) is 10.5. The quantitative estimate of drug-likeness (QED) is 0.154. The number of ether oxygens (including phenoxy) is 1. The summed E-state index contributed by atoms with van der Waals surface area (Å²) in [6.45, 7) is 8.67. The molecule has 46 heavy (non-hydrogen) atoms. The topological polar surface area (TPSA) is 104 Å². The molecule has 2 aromatic heterocycles. The maximum atomic E-state index is 13.8. The zero-order chi connectivity index (χ0) is 32.7. The van der Waals surface area contributed by atoms with E-state index in [1.165, 1.54) is 12.4 Å². The summed E-state index contributed by atoms with van der Waals surface area (Å²) in [7, 11) is 0. The van der Waals surface area contributed by atoms with E-state index >= 15 is 0 Å². The Balaban J connectivity index is 0.00000500.